The van der Waals surface area contributed by atoms with E-state index in [4.69, 9.17) is 9.47 Å². The van der Waals surface area contributed by atoms with E-state index in [1.807, 2.05) is 6.07 Å². The van der Waals surface area contributed by atoms with Gasteiger partial charge in [-0.2, -0.15) is 8.42 Å². The zero-order valence-electron chi connectivity index (χ0n) is 34.9. The molecule has 4 rings (SSSR count). The van der Waals surface area contributed by atoms with Crippen LogP contribution in [-0.4, -0.2) is 68.8 Å². The first kappa shape index (κ1) is 52.3. The van der Waals surface area contributed by atoms with Gasteiger partial charge in [0.25, 0.3) is 10.1 Å². The molecular weight excluding hydrogens is 817 g/mol. The van der Waals surface area contributed by atoms with Gasteiger partial charge in [-0.15, -0.1) is 0 Å². The summed E-state index contributed by atoms with van der Waals surface area (Å²) in [6.45, 7) is 4.41. The fourth-order valence-corrected chi connectivity index (χ4v) is 8.17. The van der Waals surface area contributed by atoms with E-state index in [9.17, 15) is 36.2 Å². The van der Waals surface area contributed by atoms with Gasteiger partial charge in [0.15, 0.2) is 11.5 Å². The van der Waals surface area contributed by atoms with Gasteiger partial charge < -0.3 is 24.2 Å². The summed E-state index contributed by atoms with van der Waals surface area (Å²) < 4.78 is 79.5. The molecule has 0 saturated heterocycles. The van der Waals surface area contributed by atoms with Crippen LogP contribution < -0.4 is 14.6 Å². The number of ether oxygens (including phenoxy) is 2. The summed E-state index contributed by atoms with van der Waals surface area (Å²) in [5.74, 6) is 0.154. The Labute approximate surface area is 383 Å². The van der Waals surface area contributed by atoms with Crippen molar-refractivity contribution in [3.8, 4) is 34.5 Å². The largest absolute Gasteiger partial charge is 2.00 e. The Hall–Kier alpha value is -2.84. The third kappa shape index (κ3) is 20.5. The van der Waals surface area contributed by atoms with Crippen molar-refractivity contribution in [2.24, 2.45) is 0 Å². The molecule has 320 valence electrons. The van der Waals surface area contributed by atoms with Crippen LogP contribution in [0.3, 0.4) is 0 Å². The molecule has 13 heteroatoms. The van der Waals surface area contributed by atoms with Gasteiger partial charge in [-0.1, -0.05) is 165 Å². The minimum atomic E-state index is -4.69. The summed E-state index contributed by atoms with van der Waals surface area (Å²) in [6.07, 6.45) is 21.5. The standard InChI is InChI=1S/2C23H32O5S.Ca/c2*1-2-3-4-5-6-7-8-9-11-14-19-17-21(24)22(18-23(19)29(25,26)27)28-20-15-12-10-13-16-20;/h2*10,12-13,15-18,24H,2-9,11,14H2,1H3,(H,25,26,27);/q;;+2/p-2. The second kappa shape index (κ2) is 28.6. The molecule has 0 aliphatic carbocycles. The molecule has 0 unspecified atom stereocenters. The molecule has 0 aliphatic heterocycles. The summed E-state index contributed by atoms with van der Waals surface area (Å²) in [6, 6.07) is 22.2. The molecule has 0 atom stereocenters. The van der Waals surface area contributed by atoms with Crippen molar-refractivity contribution < 1.29 is 45.6 Å². The molecule has 0 heterocycles. The van der Waals surface area contributed by atoms with Gasteiger partial charge in [0, 0.05) is 6.07 Å². The fourth-order valence-electron chi connectivity index (χ4n) is 6.68. The van der Waals surface area contributed by atoms with Gasteiger partial charge in [0.2, 0.25) is 0 Å². The van der Waals surface area contributed by atoms with Crippen LogP contribution in [0, 0.1) is 0 Å². The monoisotopic (exact) mass is 878 g/mol. The van der Waals surface area contributed by atoms with Crippen molar-refractivity contribution in [1.82, 2.24) is 0 Å². The van der Waals surface area contributed by atoms with E-state index < -0.39 is 26.0 Å². The van der Waals surface area contributed by atoms with Crippen molar-refractivity contribution in [2.75, 3.05) is 0 Å². The van der Waals surface area contributed by atoms with Crippen molar-refractivity contribution in [2.45, 2.75) is 152 Å². The first-order valence-corrected chi connectivity index (χ1v) is 23.8. The topological polar surface area (TPSA) is 173 Å². The van der Waals surface area contributed by atoms with Gasteiger partial charge in [0.1, 0.15) is 32.3 Å². The number of aryl methyl sites for hydroxylation is 2. The van der Waals surface area contributed by atoms with E-state index in [2.05, 4.69) is 13.8 Å². The molecule has 0 bridgehead atoms. The number of benzene rings is 4. The van der Waals surface area contributed by atoms with E-state index in [0.29, 0.717) is 29.9 Å². The van der Waals surface area contributed by atoms with Gasteiger partial charge in [-0.25, -0.2) is 8.42 Å². The zero-order chi connectivity index (χ0) is 42.2. The Bertz CT molecular complexity index is 1850. The van der Waals surface area contributed by atoms with Crippen LogP contribution in [0.4, 0.5) is 0 Å². The Balaban J connectivity index is 0.000000400. The van der Waals surface area contributed by atoms with Gasteiger partial charge in [0.05, 0.1) is 4.90 Å². The van der Waals surface area contributed by atoms with Crippen molar-refractivity contribution in [1.29, 1.82) is 0 Å². The molecule has 4 aromatic rings. The average Bonchev–Trinajstić information content (AvgIpc) is 3.18. The third-order valence-electron chi connectivity index (χ3n) is 9.86. The number of phenolic OH excluding ortho intramolecular Hbond substituents is 1. The van der Waals surface area contributed by atoms with Crippen LogP contribution in [0.2, 0.25) is 0 Å². The van der Waals surface area contributed by atoms with Crippen LogP contribution in [0.1, 0.15) is 141 Å². The summed E-state index contributed by atoms with van der Waals surface area (Å²) in [5, 5.41) is 22.6. The van der Waals surface area contributed by atoms with Gasteiger partial charge >= 0.3 is 37.7 Å². The molecule has 0 amide bonds. The predicted molar refractivity (Wildman–Crippen MR) is 232 cm³/mol. The van der Waals surface area contributed by atoms with E-state index in [1.165, 1.54) is 88.8 Å². The summed E-state index contributed by atoms with van der Waals surface area (Å²) in [7, 11) is -9.11. The SMILES string of the molecule is CCCCCCCCCCCc1cc(O)c(Oc2ccccc2)cc1S(=O)(=O)O.CCCCCCCCCCCc1cc([O-])c(Oc2ccccc2)cc1S(=O)(=O)[O-].[Ca+2]. The van der Waals surface area contributed by atoms with E-state index >= 15 is 0 Å². The molecule has 0 saturated carbocycles. The fraction of sp³-hybridized carbons (Fsp3) is 0.478. The Morgan fingerprint density at radius 1 is 0.525 bits per heavy atom. The molecule has 59 heavy (non-hydrogen) atoms. The summed E-state index contributed by atoms with van der Waals surface area (Å²) in [4.78, 5) is -0.566. The summed E-state index contributed by atoms with van der Waals surface area (Å²) in [5.41, 5.74) is 0.696. The minimum absolute atomic E-state index is 0. The molecule has 10 nitrogen and oxygen atoms in total. The normalized spacial score (nSPS) is 11.3. The second-order valence-electron chi connectivity index (χ2n) is 14.8. The van der Waals surface area contributed by atoms with Gasteiger partial charge in [-0.3, -0.25) is 4.55 Å². The van der Waals surface area contributed by atoms with Crippen LogP contribution in [0.25, 0.3) is 0 Å². The zero-order valence-corrected chi connectivity index (χ0v) is 38.8. The Kier molecular flexibility index (Phi) is 25.4. The van der Waals surface area contributed by atoms with E-state index in [1.54, 1.807) is 54.6 Å². The smallest absolute Gasteiger partial charge is 0.870 e. The van der Waals surface area contributed by atoms with Crippen molar-refractivity contribution in [3.63, 3.8) is 0 Å². The molecule has 4 aromatic carbocycles. The van der Waals surface area contributed by atoms with Crippen LogP contribution in [0.15, 0.2) is 94.7 Å². The van der Waals surface area contributed by atoms with Crippen LogP contribution in [0.5, 0.6) is 34.5 Å². The van der Waals surface area contributed by atoms with Crippen LogP contribution in [-0.2, 0) is 33.1 Å². The number of aromatic hydroxyl groups is 1. The number of hydrogen-bond donors (Lipinski definition) is 2. The number of hydrogen-bond acceptors (Lipinski definition) is 9. The maximum Gasteiger partial charge on any atom is 2.00 e. The maximum atomic E-state index is 12.4. The molecular formula is C46H62CaO10S2. The number of rotatable bonds is 26. The predicted octanol–water partition coefficient (Wildman–Crippen LogP) is 11.7. The van der Waals surface area contributed by atoms with Crippen LogP contribution >= 0.6 is 0 Å². The maximum absolute atomic E-state index is 12.4. The molecule has 0 fully saturated rings. The van der Waals surface area contributed by atoms with E-state index in [0.717, 1.165) is 51.0 Å². The molecule has 2 N–H and O–H groups in total. The molecule has 0 radical (unpaired) electrons. The Morgan fingerprint density at radius 3 is 1.31 bits per heavy atom. The van der Waals surface area contributed by atoms with Crippen molar-refractivity contribution >= 4 is 58.0 Å². The number of para-hydroxylation sites is 2. The Morgan fingerprint density at radius 2 is 0.898 bits per heavy atom. The number of unbranched alkanes of at least 4 members (excludes halogenated alkanes) is 16. The molecule has 0 spiro atoms. The first-order valence-electron chi connectivity index (χ1n) is 20.9. The van der Waals surface area contributed by atoms with Crippen molar-refractivity contribution in [3.05, 3.63) is 96.1 Å². The summed E-state index contributed by atoms with van der Waals surface area (Å²) >= 11 is 0. The second-order valence-corrected chi connectivity index (χ2v) is 17.5. The first-order chi connectivity index (χ1) is 27.8. The average molecular weight is 879 g/mol. The van der Waals surface area contributed by atoms with Gasteiger partial charge in [-0.05, 0) is 73.2 Å². The minimum Gasteiger partial charge on any atom is -0.870 e. The third-order valence-corrected chi connectivity index (χ3v) is 11.7. The quantitative estimate of drug-likeness (QED) is 0.0351. The number of phenols is 1. The molecule has 0 aliphatic rings. The van der Waals surface area contributed by atoms with E-state index in [-0.39, 0.29) is 70.3 Å². The molecule has 0 aromatic heterocycles.